The number of hydrogen-bond donors (Lipinski definition) is 1. The number of fused-ring (bicyclic) bond motifs is 1. The lowest BCUT2D eigenvalue weighted by atomic mass is 10.2. The molecule has 1 saturated heterocycles. The first-order chi connectivity index (χ1) is 10.6. The van der Waals surface area contributed by atoms with Crippen LogP contribution in [0.5, 0.6) is 0 Å². The highest BCUT2D eigenvalue weighted by Gasteiger charge is 2.18. The SMILES string of the molecule is Cc1sc2nc(SCC(=O)N3CCOCC3)nc(N)c2c1C. The van der Waals surface area contributed by atoms with Gasteiger partial charge in [-0.3, -0.25) is 4.79 Å². The van der Waals surface area contributed by atoms with Gasteiger partial charge in [-0.2, -0.15) is 0 Å². The number of nitrogens with two attached hydrogens (primary N) is 1. The fourth-order valence-corrected chi connectivity index (χ4v) is 4.20. The maximum atomic E-state index is 12.1. The van der Waals surface area contributed by atoms with Gasteiger partial charge in [0.15, 0.2) is 5.16 Å². The molecule has 2 aromatic heterocycles. The Morgan fingerprint density at radius 1 is 1.36 bits per heavy atom. The Bertz CT molecular complexity index is 710. The highest BCUT2D eigenvalue weighted by atomic mass is 32.2. The summed E-state index contributed by atoms with van der Waals surface area (Å²) in [5, 5.41) is 1.50. The van der Waals surface area contributed by atoms with E-state index in [-0.39, 0.29) is 5.91 Å². The molecule has 0 aromatic carbocycles. The number of ether oxygens (including phenoxy) is 1. The minimum absolute atomic E-state index is 0.0918. The lowest BCUT2D eigenvalue weighted by Gasteiger charge is -2.26. The van der Waals surface area contributed by atoms with E-state index in [1.165, 1.54) is 16.6 Å². The minimum atomic E-state index is 0.0918. The van der Waals surface area contributed by atoms with Crippen LogP contribution in [0.25, 0.3) is 10.2 Å². The number of amides is 1. The second-order valence-corrected chi connectivity index (χ2v) is 7.28. The number of rotatable bonds is 3. The van der Waals surface area contributed by atoms with E-state index in [0.29, 0.717) is 43.0 Å². The molecule has 1 aliphatic rings. The molecule has 3 rings (SSSR count). The Morgan fingerprint density at radius 2 is 2.09 bits per heavy atom. The number of thiophene rings is 1. The topological polar surface area (TPSA) is 81.3 Å². The van der Waals surface area contributed by atoms with Gasteiger partial charge in [0.1, 0.15) is 10.6 Å². The number of thioether (sulfide) groups is 1. The molecule has 0 unspecified atom stereocenters. The molecule has 0 saturated carbocycles. The number of carbonyl (C=O) groups is 1. The predicted molar refractivity (Wildman–Crippen MR) is 89.4 cm³/mol. The van der Waals surface area contributed by atoms with E-state index in [1.54, 1.807) is 11.3 Å². The smallest absolute Gasteiger partial charge is 0.233 e. The molecule has 0 bridgehead atoms. The van der Waals surface area contributed by atoms with Gasteiger partial charge in [-0.05, 0) is 19.4 Å². The molecule has 1 fully saturated rings. The maximum absolute atomic E-state index is 12.1. The van der Waals surface area contributed by atoms with Crippen molar-refractivity contribution in [3.05, 3.63) is 10.4 Å². The first-order valence-electron chi connectivity index (χ1n) is 7.08. The number of hydrogen-bond acceptors (Lipinski definition) is 7. The molecular formula is C14H18N4O2S2. The monoisotopic (exact) mass is 338 g/mol. The molecule has 3 heterocycles. The molecule has 1 amide bonds. The average molecular weight is 338 g/mol. The van der Waals surface area contributed by atoms with E-state index in [0.717, 1.165) is 15.8 Å². The van der Waals surface area contributed by atoms with Crippen LogP contribution in [-0.2, 0) is 9.53 Å². The Labute approximate surface area is 137 Å². The molecule has 0 spiro atoms. The summed E-state index contributed by atoms with van der Waals surface area (Å²) in [5.41, 5.74) is 7.19. The number of nitrogen functional groups attached to an aromatic ring is 1. The zero-order valence-electron chi connectivity index (χ0n) is 12.6. The van der Waals surface area contributed by atoms with Crippen molar-refractivity contribution >= 4 is 45.0 Å². The van der Waals surface area contributed by atoms with Crippen LogP contribution >= 0.6 is 23.1 Å². The zero-order valence-corrected chi connectivity index (χ0v) is 14.2. The summed E-state index contributed by atoms with van der Waals surface area (Å²) in [4.78, 5) is 24.9. The molecule has 6 nitrogen and oxygen atoms in total. The van der Waals surface area contributed by atoms with Crippen molar-refractivity contribution in [2.45, 2.75) is 19.0 Å². The van der Waals surface area contributed by atoms with Gasteiger partial charge in [0.05, 0.1) is 24.4 Å². The van der Waals surface area contributed by atoms with E-state index in [2.05, 4.69) is 16.9 Å². The molecule has 22 heavy (non-hydrogen) atoms. The summed E-state index contributed by atoms with van der Waals surface area (Å²) >= 11 is 2.95. The van der Waals surface area contributed by atoms with Crippen molar-refractivity contribution < 1.29 is 9.53 Å². The number of anilines is 1. The van der Waals surface area contributed by atoms with Crippen LogP contribution in [-0.4, -0.2) is 52.8 Å². The van der Waals surface area contributed by atoms with Crippen molar-refractivity contribution in [3.8, 4) is 0 Å². The fraction of sp³-hybridized carbons (Fsp3) is 0.500. The standard InChI is InChI=1S/C14H18N4O2S2/c1-8-9(2)22-13-11(8)12(15)16-14(17-13)21-7-10(19)18-3-5-20-6-4-18/h3-7H2,1-2H3,(H2,15,16,17). The van der Waals surface area contributed by atoms with Crippen LogP contribution in [0, 0.1) is 13.8 Å². The number of aromatic nitrogens is 2. The van der Waals surface area contributed by atoms with Gasteiger partial charge in [-0.1, -0.05) is 11.8 Å². The maximum Gasteiger partial charge on any atom is 0.233 e. The Hall–Kier alpha value is -1.38. The normalized spacial score (nSPS) is 15.5. The molecule has 1 aliphatic heterocycles. The summed E-state index contributed by atoms with van der Waals surface area (Å²) in [6.07, 6.45) is 0. The van der Waals surface area contributed by atoms with Gasteiger partial charge >= 0.3 is 0 Å². The van der Waals surface area contributed by atoms with Gasteiger partial charge in [-0.15, -0.1) is 11.3 Å². The summed E-state index contributed by atoms with van der Waals surface area (Å²) in [6.45, 7) is 6.62. The summed E-state index contributed by atoms with van der Waals surface area (Å²) < 4.78 is 5.25. The molecule has 2 N–H and O–H groups in total. The summed E-state index contributed by atoms with van der Waals surface area (Å²) in [5.74, 6) is 0.913. The second-order valence-electron chi connectivity index (χ2n) is 5.14. The molecule has 0 radical (unpaired) electrons. The quantitative estimate of drug-likeness (QED) is 0.679. The van der Waals surface area contributed by atoms with Gasteiger partial charge in [0.2, 0.25) is 5.91 Å². The van der Waals surface area contributed by atoms with Crippen molar-refractivity contribution in [2.75, 3.05) is 37.8 Å². The lowest BCUT2D eigenvalue weighted by Crippen LogP contribution is -2.41. The van der Waals surface area contributed by atoms with Crippen molar-refractivity contribution in [2.24, 2.45) is 0 Å². The van der Waals surface area contributed by atoms with Gasteiger partial charge in [0, 0.05) is 18.0 Å². The van der Waals surface area contributed by atoms with Crippen molar-refractivity contribution in [3.63, 3.8) is 0 Å². The Balaban J connectivity index is 1.72. The third kappa shape index (κ3) is 3.04. The van der Waals surface area contributed by atoms with Crippen LogP contribution < -0.4 is 5.73 Å². The molecule has 0 atom stereocenters. The second kappa shape index (κ2) is 6.39. The molecule has 2 aromatic rings. The third-order valence-electron chi connectivity index (χ3n) is 3.72. The van der Waals surface area contributed by atoms with E-state index in [9.17, 15) is 4.79 Å². The van der Waals surface area contributed by atoms with E-state index < -0.39 is 0 Å². The average Bonchev–Trinajstić information content (AvgIpc) is 2.81. The van der Waals surface area contributed by atoms with Crippen LogP contribution in [0.4, 0.5) is 5.82 Å². The first kappa shape index (κ1) is 15.5. The molecular weight excluding hydrogens is 320 g/mol. The largest absolute Gasteiger partial charge is 0.383 e. The zero-order chi connectivity index (χ0) is 15.7. The molecule has 8 heteroatoms. The summed E-state index contributed by atoms with van der Waals surface area (Å²) in [7, 11) is 0. The van der Waals surface area contributed by atoms with Crippen LogP contribution in [0.1, 0.15) is 10.4 Å². The van der Waals surface area contributed by atoms with Gasteiger partial charge < -0.3 is 15.4 Å². The third-order valence-corrected chi connectivity index (χ3v) is 5.66. The molecule has 0 aliphatic carbocycles. The number of carbonyl (C=O) groups excluding carboxylic acids is 1. The number of aryl methyl sites for hydroxylation is 2. The van der Waals surface area contributed by atoms with Crippen LogP contribution in [0.3, 0.4) is 0 Å². The van der Waals surface area contributed by atoms with Gasteiger partial charge in [-0.25, -0.2) is 9.97 Å². The lowest BCUT2D eigenvalue weighted by molar-refractivity contribution is -0.132. The highest BCUT2D eigenvalue weighted by molar-refractivity contribution is 7.99. The van der Waals surface area contributed by atoms with E-state index in [4.69, 9.17) is 10.5 Å². The van der Waals surface area contributed by atoms with E-state index in [1.807, 2.05) is 11.8 Å². The predicted octanol–water partition coefficient (Wildman–Crippen LogP) is 1.84. The molecule has 118 valence electrons. The summed E-state index contributed by atoms with van der Waals surface area (Å²) in [6, 6.07) is 0. The van der Waals surface area contributed by atoms with Crippen LogP contribution in [0.2, 0.25) is 0 Å². The van der Waals surface area contributed by atoms with Crippen molar-refractivity contribution in [1.82, 2.24) is 14.9 Å². The fourth-order valence-electron chi connectivity index (χ4n) is 2.36. The van der Waals surface area contributed by atoms with Crippen molar-refractivity contribution in [1.29, 1.82) is 0 Å². The number of nitrogens with zero attached hydrogens (tertiary/aromatic N) is 3. The first-order valence-corrected chi connectivity index (χ1v) is 8.88. The minimum Gasteiger partial charge on any atom is -0.383 e. The van der Waals surface area contributed by atoms with Gasteiger partial charge in [0.25, 0.3) is 0 Å². The van der Waals surface area contributed by atoms with Crippen LogP contribution in [0.15, 0.2) is 5.16 Å². The Morgan fingerprint density at radius 3 is 2.82 bits per heavy atom. The number of morpholine rings is 1. The van der Waals surface area contributed by atoms with E-state index >= 15 is 0 Å². The Kier molecular flexibility index (Phi) is 4.51. The highest BCUT2D eigenvalue weighted by Crippen LogP contribution is 2.33.